The van der Waals surface area contributed by atoms with Crippen molar-refractivity contribution in [3.8, 4) is 0 Å². The standard InChI is InChI=1S/C13H12N2O5S/c1-2-20-12(18)7-3-5-8(6-4-7)14-10(16)9-11(17)15-13(19)21-9/h3-6,9H,2H2,1H3,(H,14,16)(H,15,17,19). The third kappa shape index (κ3) is 3.60. The number of imide groups is 1. The highest BCUT2D eigenvalue weighted by molar-refractivity contribution is 8.16. The number of hydrogen-bond donors (Lipinski definition) is 2. The van der Waals surface area contributed by atoms with Crippen molar-refractivity contribution < 1.29 is 23.9 Å². The third-order valence-corrected chi connectivity index (χ3v) is 3.57. The molecule has 3 amide bonds. The van der Waals surface area contributed by atoms with Crippen LogP contribution >= 0.6 is 11.8 Å². The van der Waals surface area contributed by atoms with Crippen molar-refractivity contribution in [2.75, 3.05) is 11.9 Å². The van der Waals surface area contributed by atoms with Gasteiger partial charge >= 0.3 is 5.97 Å². The quantitative estimate of drug-likeness (QED) is 0.639. The van der Waals surface area contributed by atoms with E-state index in [9.17, 15) is 19.2 Å². The molecule has 1 heterocycles. The number of thioether (sulfide) groups is 1. The van der Waals surface area contributed by atoms with E-state index in [1.54, 1.807) is 6.92 Å². The number of carbonyl (C=O) groups is 4. The summed E-state index contributed by atoms with van der Waals surface area (Å²) in [5.41, 5.74) is 0.777. The maximum absolute atomic E-state index is 11.9. The summed E-state index contributed by atoms with van der Waals surface area (Å²) < 4.78 is 4.84. The van der Waals surface area contributed by atoms with Crippen LogP contribution in [0.4, 0.5) is 10.5 Å². The van der Waals surface area contributed by atoms with Crippen molar-refractivity contribution in [2.45, 2.75) is 12.2 Å². The molecule has 0 aromatic heterocycles. The van der Waals surface area contributed by atoms with Crippen LogP contribution in [0.3, 0.4) is 0 Å². The Labute approximate surface area is 124 Å². The van der Waals surface area contributed by atoms with E-state index < -0.39 is 28.3 Å². The van der Waals surface area contributed by atoms with Crippen molar-refractivity contribution in [2.24, 2.45) is 0 Å². The van der Waals surface area contributed by atoms with Gasteiger partial charge in [0, 0.05) is 5.69 Å². The zero-order valence-electron chi connectivity index (χ0n) is 11.0. The van der Waals surface area contributed by atoms with Crippen molar-refractivity contribution in [3.05, 3.63) is 29.8 Å². The third-order valence-electron chi connectivity index (χ3n) is 2.59. The lowest BCUT2D eigenvalue weighted by Gasteiger charge is -2.08. The van der Waals surface area contributed by atoms with Gasteiger partial charge in [-0.3, -0.25) is 19.7 Å². The Morgan fingerprint density at radius 2 is 1.95 bits per heavy atom. The Morgan fingerprint density at radius 1 is 1.29 bits per heavy atom. The molecule has 1 aromatic carbocycles. The molecule has 1 unspecified atom stereocenters. The first-order chi connectivity index (χ1) is 10.0. The fourth-order valence-corrected chi connectivity index (χ4v) is 2.35. The highest BCUT2D eigenvalue weighted by atomic mass is 32.2. The van der Waals surface area contributed by atoms with Crippen LogP contribution in [0.25, 0.3) is 0 Å². The fraction of sp³-hybridized carbons (Fsp3) is 0.231. The molecular weight excluding hydrogens is 296 g/mol. The number of anilines is 1. The van der Waals surface area contributed by atoms with Crippen LogP contribution in [-0.2, 0) is 14.3 Å². The fourth-order valence-electron chi connectivity index (χ4n) is 1.64. The van der Waals surface area contributed by atoms with E-state index in [-0.39, 0.29) is 6.61 Å². The summed E-state index contributed by atoms with van der Waals surface area (Å²) in [5, 5.41) is 2.90. The van der Waals surface area contributed by atoms with Crippen LogP contribution in [-0.4, -0.2) is 34.9 Å². The number of hydrogen-bond acceptors (Lipinski definition) is 6. The summed E-state index contributed by atoms with van der Waals surface area (Å²) >= 11 is 0.630. The van der Waals surface area contributed by atoms with Crippen LogP contribution in [0, 0.1) is 0 Å². The number of carbonyl (C=O) groups excluding carboxylic acids is 4. The van der Waals surface area contributed by atoms with Crippen molar-refractivity contribution in [3.63, 3.8) is 0 Å². The van der Waals surface area contributed by atoms with E-state index in [1.165, 1.54) is 24.3 Å². The van der Waals surface area contributed by atoms with E-state index in [2.05, 4.69) is 5.32 Å². The van der Waals surface area contributed by atoms with E-state index in [0.717, 1.165) is 0 Å². The molecule has 7 nitrogen and oxygen atoms in total. The zero-order chi connectivity index (χ0) is 15.4. The molecule has 1 atom stereocenters. The van der Waals surface area contributed by atoms with Gasteiger partial charge in [-0.05, 0) is 43.0 Å². The summed E-state index contributed by atoms with van der Waals surface area (Å²) in [7, 11) is 0. The van der Waals surface area contributed by atoms with Gasteiger partial charge in [-0.15, -0.1) is 0 Å². The average molecular weight is 308 g/mol. The summed E-state index contributed by atoms with van der Waals surface area (Å²) in [6.45, 7) is 1.98. The van der Waals surface area contributed by atoms with Gasteiger partial charge in [0.25, 0.3) is 11.1 Å². The lowest BCUT2D eigenvalue weighted by molar-refractivity contribution is -0.124. The number of esters is 1. The number of ether oxygens (including phenoxy) is 1. The molecule has 1 aliphatic heterocycles. The molecule has 8 heteroatoms. The Kier molecular flexibility index (Phi) is 4.59. The molecule has 1 saturated heterocycles. The van der Waals surface area contributed by atoms with E-state index >= 15 is 0 Å². The minimum Gasteiger partial charge on any atom is -0.462 e. The van der Waals surface area contributed by atoms with Gasteiger partial charge in [0.1, 0.15) is 0 Å². The van der Waals surface area contributed by atoms with Gasteiger partial charge in [0.2, 0.25) is 5.91 Å². The molecule has 0 bridgehead atoms. The van der Waals surface area contributed by atoms with Gasteiger partial charge in [-0.1, -0.05) is 0 Å². The Hall–Kier alpha value is -2.35. The second-order valence-electron chi connectivity index (χ2n) is 4.06. The van der Waals surface area contributed by atoms with Crippen LogP contribution in [0.15, 0.2) is 24.3 Å². The average Bonchev–Trinajstić information content (AvgIpc) is 2.79. The Balaban J connectivity index is 2.00. The predicted molar refractivity (Wildman–Crippen MR) is 75.9 cm³/mol. The molecular formula is C13H12N2O5S. The first kappa shape index (κ1) is 15.0. The van der Waals surface area contributed by atoms with Gasteiger partial charge < -0.3 is 10.1 Å². The lowest BCUT2D eigenvalue weighted by atomic mass is 10.2. The normalized spacial score (nSPS) is 17.3. The first-order valence-electron chi connectivity index (χ1n) is 6.10. The molecule has 0 radical (unpaired) electrons. The van der Waals surface area contributed by atoms with Crippen molar-refractivity contribution in [1.82, 2.24) is 5.32 Å². The highest BCUT2D eigenvalue weighted by Crippen LogP contribution is 2.21. The lowest BCUT2D eigenvalue weighted by Crippen LogP contribution is -2.33. The molecule has 2 rings (SSSR count). The van der Waals surface area contributed by atoms with E-state index in [4.69, 9.17) is 4.74 Å². The Bertz CT molecular complexity index is 599. The SMILES string of the molecule is CCOC(=O)c1ccc(NC(=O)C2SC(=O)NC2=O)cc1. The molecule has 2 N–H and O–H groups in total. The van der Waals surface area contributed by atoms with Gasteiger partial charge in [0.15, 0.2) is 5.25 Å². The molecule has 0 saturated carbocycles. The monoisotopic (exact) mass is 308 g/mol. The predicted octanol–water partition coefficient (Wildman–Crippen LogP) is 1.15. The number of rotatable bonds is 4. The molecule has 0 aliphatic carbocycles. The minimum absolute atomic E-state index is 0.277. The second-order valence-corrected chi connectivity index (χ2v) is 5.14. The smallest absolute Gasteiger partial charge is 0.338 e. The summed E-state index contributed by atoms with van der Waals surface area (Å²) in [6, 6.07) is 6.04. The van der Waals surface area contributed by atoms with Crippen LogP contribution in [0.5, 0.6) is 0 Å². The van der Waals surface area contributed by atoms with Gasteiger partial charge in [-0.2, -0.15) is 0 Å². The van der Waals surface area contributed by atoms with Crippen molar-refractivity contribution >= 4 is 40.5 Å². The maximum atomic E-state index is 11.9. The molecule has 21 heavy (non-hydrogen) atoms. The molecule has 0 spiro atoms. The Morgan fingerprint density at radius 3 is 2.48 bits per heavy atom. The van der Waals surface area contributed by atoms with Crippen LogP contribution < -0.4 is 10.6 Å². The molecule has 1 fully saturated rings. The molecule has 1 aromatic rings. The van der Waals surface area contributed by atoms with Crippen LogP contribution in [0.1, 0.15) is 17.3 Å². The molecule has 110 valence electrons. The second kappa shape index (κ2) is 6.40. The molecule has 1 aliphatic rings. The minimum atomic E-state index is -1.10. The summed E-state index contributed by atoms with van der Waals surface area (Å²) in [6.07, 6.45) is 0. The summed E-state index contributed by atoms with van der Waals surface area (Å²) in [5.74, 6) is -1.68. The topological polar surface area (TPSA) is 102 Å². The van der Waals surface area contributed by atoms with Crippen LogP contribution in [0.2, 0.25) is 0 Å². The summed E-state index contributed by atoms with van der Waals surface area (Å²) in [4.78, 5) is 45.7. The largest absolute Gasteiger partial charge is 0.462 e. The zero-order valence-corrected chi connectivity index (χ0v) is 11.9. The first-order valence-corrected chi connectivity index (χ1v) is 6.98. The van der Waals surface area contributed by atoms with Gasteiger partial charge in [-0.25, -0.2) is 4.79 Å². The van der Waals surface area contributed by atoms with Crippen molar-refractivity contribution in [1.29, 1.82) is 0 Å². The van der Waals surface area contributed by atoms with Gasteiger partial charge in [0.05, 0.1) is 12.2 Å². The maximum Gasteiger partial charge on any atom is 0.338 e. The number of nitrogens with one attached hydrogen (secondary N) is 2. The van der Waals surface area contributed by atoms with E-state index in [1.807, 2.05) is 5.32 Å². The number of benzene rings is 1. The number of amides is 3. The highest BCUT2D eigenvalue weighted by Gasteiger charge is 2.37. The van der Waals surface area contributed by atoms with E-state index in [0.29, 0.717) is 23.0 Å².